The first-order chi connectivity index (χ1) is 8.72. The monoisotopic (exact) mass is 249 g/mol. The molecule has 0 radical (unpaired) electrons. The van der Waals surface area contributed by atoms with Gasteiger partial charge in [-0.25, -0.2) is 10.2 Å². The van der Waals surface area contributed by atoms with Crippen molar-refractivity contribution in [1.29, 1.82) is 0 Å². The zero-order valence-corrected chi connectivity index (χ0v) is 10.6. The van der Waals surface area contributed by atoms with Crippen molar-refractivity contribution >= 4 is 12.2 Å². The standard InChI is InChI=1S/C13H19N3O2/c1-2-3-4-9-18-12-7-5-11(6-8-12)10-15-16-13(14)17/h5-8,10H,2-4,9H2,1H3,(H3,14,16,17)/b15-10+. The molecule has 0 aliphatic heterocycles. The molecule has 0 aliphatic rings. The number of hydrogen-bond donors (Lipinski definition) is 2. The average molecular weight is 249 g/mol. The van der Waals surface area contributed by atoms with Crippen LogP contribution < -0.4 is 15.9 Å². The number of nitrogens with two attached hydrogens (primary N) is 1. The molecule has 1 aromatic carbocycles. The number of urea groups is 1. The fourth-order valence-electron chi connectivity index (χ4n) is 1.36. The smallest absolute Gasteiger partial charge is 0.332 e. The fourth-order valence-corrected chi connectivity index (χ4v) is 1.36. The molecule has 1 aromatic rings. The molecule has 0 atom stereocenters. The molecule has 98 valence electrons. The van der Waals surface area contributed by atoms with Gasteiger partial charge in [-0.05, 0) is 36.2 Å². The quantitative estimate of drug-likeness (QED) is 0.442. The number of carbonyl (C=O) groups excluding carboxylic acids is 1. The van der Waals surface area contributed by atoms with Gasteiger partial charge in [0.05, 0.1) is 12.8 Å². The van der Waals surface area contributed by atoms with Gasteiger partial charge in [-0.2, -0.15) is 5.10 Å². The molecule has 5 nitrogen and oxygen atoms in total. The van der Waals surface area contributed by atoms with E-state index in [0.29, 0.717) is 0 Å². The van der Waals surface area contributed by atoms with E-state index in [2.05, 4.69) is 17.5 Å². The van der Waals surface area contributed by atoms with Gasteiger partial charge in [-0.1, -0.05) is 19.8 Å². The molecule has 0 spiro atoms. The fraction of sp³-hybridized carbons (Fsp3) is 0.385. The Balaban J connectivity index is 2.37. The van der Waals surface area contributed by atoms with E-state index in [0.717, 1.165) is 24.3 Å². The first kappa shape index (κ1) is 14.0. The summed E-state index contributed by atoms with van der Waals surface area (Å²) in [6.45, 7) is 2.90. The summed E-state index contributed by atoms with van der Waals surface area (Å²) in [5.74, 6) is 0.839. The Hall–Kier alpha value is -2.04. The van der Waals surface area contributed by atoms with Gasteiger partial charge in [0.15, 0.2) is 0 Å². The summed E-state index contributed by atoms with van der Waals surface area (Å²) in [6.07, 6.45) is 4.96. The maximum atomic E-state index is 10.4. The van der Waals surface area contributed by atoms with Crippen molar-refractivity contribution in [2.24, 2.45) is 10.8 Å². The van der Waals surface area contributed by atoms with Crippen molar-refractivity contribution in [3.63, 3.8) is 0 Å². The highest BCUT2D eigenvalue weighted by molar-refractivity contribution is 5.81. The molecular weight excluding hydrogens is 230 g/mol. The third kappa shape index (κ3) is 5.89. The minimum atomic E-state index is -0.679. The predicted octanol–water partition coefficient (Wildman–Crippen LogP) is 2.26. The first-order valence-electron chi connectivity index (χ1n) is 6.03. The van der Waals surface area contributed by atoms with Crippen LogP contribution in [-0.4, -0.2) is 18.9 Å². The third-order valence-corrected chi connectivity index (χ3v) is 2.29. The van der Waals surface area contributed by atoms with E-state index in [1.807, 2.05) is 24.3 Å². The Labute approximate surface area is 107 Å². The van der Waals surface area contributed by atoms with Crippen molar-refractivity contribution in [2.45, 2.75) is 26.2 Å². The first-order valence-corrected chi connectivity index (χ1v) is 6.03. The lowest BCUT2D eigenvalue weighted by Gasteiger charge is -2.05. The Kier molecular flexibility index (Phi) is 6.32. The van der Waals surface area contributed by atoms with Crippen LogP contribution in [0, 0.1) is 0 Å². The molecule has 3 N–H and O–H groups in total. The molecule has 0 heterocycles. The molecule has 18 heavy (non-hydrogen) atoms. The van der Waals surface area contributed by atoms with Gasteiger partial charge < -0.3 is 10.5 Å². The molecule has 1 rings (SSSR count). The molecule has 0 bridgehead atoms. The maximum Gasteiger partial charge on any atom is 0.332 e. The number of hydrogen-bond acceptors (Lipinski definition) is 3. The van der Waals surface area contributed by atoms with E-state index in [9.17, 15) is 4.79 Å². The second-order valence-corrected chi connectivity index (χ2v) is 3.86. The number of nitrogens with zero attached hydrogens (tertiary/aromatic N) is 1. The number of benzene rings is 1. The van der Waals surface area contributed by atoms with Gasteiger partial charge in [0.1, 0.15) is 5.75 Å². The predicted molar refractivity (Wildman–Crippen MR) is 71.8 cm³/mol. The van der Waals surface area contributed by atoms with E-state index >= 15 is 0 Å². The Morgan fingerprint density at radius 2 is 2.11 bits per heavy atom. The molecule has 0 aliphatic carbocycles. The lowest BCUT2D eigenvalue weighted by Crippen LogP contribution is -2.24. The number of amides is 2. The minimum Gasteiger partial charge on any atom is -0.494 e. The highest BCUT2D eigenvalue weighted by Crippen LogP contribution is 2.11. The van der Waals surface area contributed by atoms with Crippen molar-refractivity contribution in [2.75, 3.05) is 6.61 Å². The Bertz CT molecular complexity index is 388. The van der Waals surface area contributed by atoms with Gasteiger partial charge in [-0.3, -0.25) is 0 Å². The summed E-state index contributed by atoms with van der Waals surface area (Å²) in [5.41, 5.74) is 7.88. The second kappa shape index (κ2) is 8.11. The van der Waals surface area contributed by atoms with Crippen molar-refractivity contribution < 1.29 is 9.53 Å². The van der Waals surface area contributed by atoms with Crippen molar-refractivity contribution in [3.8, 4) is 5.75 Å². The minimum absolute atomic E-state index is 0.679. The van der Waals surface area contributed by atoms with Crippen LogP contribution >= 0.6 is 0 Å². The number of nitrogens with one attached hydrogen (secondary N) is 1. The lowest BCUT2D eigenvalue weighted by molar-refractivity contribution is 0.249. The van der Waals surface area contributed by atoms with Gasteiger partial charge in [0, 0.05) is 0 Å². The lowest BCUT2D eigenvalue weighted by atomic mass is 10.2. The largest absolute Gasteiger partial charge is 0.494 e. The SMILES string of the molecule is CCCCCOc1ccc(/C=N/NC(N)=O)cc1. The van der Waals surface area contributed by atoms with Crippen LogP contribution in [0.4, 0.5) is 4.79 Å². The third-order valence-electron chi connectivity index (χ3n) is 2.29. The highest BCUT2D eigenvalue weighted by Gasteiger charge is 1.94. The average Bonchev–Trinajstić information content (AvgIpc) is 2.36. The Morgan fingerprint density at radius 3 is 2.72 bits per heavy atom. The van der Waals surface area contributed by atoms with E-state index < -0.39 is 6.03 Å². The van der Waals surface area contributed by atoms with Gasteiger partial charge in [-0.15, -0.1) is 0 Å². The molecule has 5 heteroatoms. The maximum absolute atomic E-state index is 10.4. The van der Waals surface area contributed by atoms with Crippen LogP contribution in [0.2, 0.25) is 0 Å². The summed E-state index contributed by atoms with van der Waals surface area (Å²) in [5, 5.41) is 3.67. The molecule has 0 aromatic heterocycles. The van der Waals surface area contributed by atoms with Crippen LogP contribution in [-0.2, 0) is 0 Å². The van der Waals surface area contributed by atoms with Gasteiger partial charge in [0.2, 0.25) is 0 Å². The molecule has 0 unspecified atom stereocenters. The number of unbranched alkanes of at least 4 members (excludes halogenated alkanes) is 2. The molecule has 0 saturated heterocycles. The van der Waals surface area contributed by atoms with Gasteiger partial charge in [0.25, 0.3) is 0 Å². The summed E-state index contributed by atoms with van der Waals surface area (Å²) in [6, 6.07) is 6.79. The number of carbonyl (C=O) groups is 1. The summed E-state index contributed by atoms with van der Waals surface area (Å²) < 4.78 is 5.57. The summed E-state index contributed by atoms with van der Waals surface area (Å²) in [4.78, 5) is 10.4. The number of hydrazone groups is 1. The number of primary amides is 1. The van der Waals surface area contributed by atoms with Crippen molar-refractivity contribution in [1.82, 2.24) is 5.43 Å². The van der Waals surface area contributed by atoms with E-state index in [4.69, 9.17) is 10.5 Å². The Morgan fingerprint density at radius 1 is 1.39 bits per heavy atom. The molecule has 0 fully saturated rings. The topological polar surface area (TPSA) is 76.7 Å². The van der Waals surface area contributed by atoms with E-state index in [1.165, 1.54) is 19.1 Å². The van der Waals surface area contributed by atoms with Crippen LogP contribution in [0.5, 0.6) is 5.75 Å². The van der Waals surface area contributed by atoms with E-state index in [-0.39, 0.29) is 0 Å². The molecular formula is C13H19N3O2. The second-order valence-electron chi connectivity index (χ2n) is 3.86. The number of rotatable bonds is 7. The van der Waals surface area contributed by atoms with Crippen LogP contribution in [0.1, 0.15) is 31.7 Å². The van der Waals surface area contributed by atoms with Gasteiger partial charge >= 0.3 is 6.03 Å². The zero-order chi connectivity index (χ0) is 13.2. The van der Waals surface area contributed by atoms with E-state index in [1.54, 1.807) is 0 Å². The van der Waals surface area contributed by atoms with Crippen LogP contribution in [0.3, 0.4) is 0 Å². The summed E-state index contributed by atoms with van der Waals surface area (Å²) in [7, 11) is 0. The van der Waals surface area contributed by atoms with Crippen molar-refractivity contribution in [3.05, 3.63) is 29.8 Å². The molecule has 2 amide bonds. The number of ether oxygens (including phenoxy) is 1. The normalized spacial score (nSPS) is 10.5. The summed E-state index contributed by atoms with van der Waals surface area (Å²) >= 11 is 0. The van der Waals surface area contributed by atoms with Crippen LogP contribution in [0.25, 0.3) is 0 Å². The zero-order valence-electron chi connectivity index (χ0n) is 10.6. The van der Waals surface area contributed by atoms with Crippen LogP contribution in [0.15, 0.2) is 29.4 Å². The highest BCUT2D eigenvalue weighted by atomic mass is 16.5. The molecule has 0 saturated carbocycles.